The van der Waals surface area contributed by atoms with Gasteiger partial charge in [0.15, 0.2) is 22.8 Å². The Bertz CT molecular complexity index is 3570. The summed E-state index contributed by atoms with van der Waals surface area (Å²) < 4.78 is 8.91. The monoisotopic (exact) mass is 1000 g/mol. The van der Waals surface area contributed by atoms with E-state index in [-0.39, 0.29) is 41.7 Å². The fourth-order valence-corrected chi connectivity index (χ4v) is 10.9. The van der Waals surface area contributed by atoms with Gasteiger partial charge in [-0.1, -0.05) is 9.95 Å². The number of nitrogens with two attached hydrogens (primary N) is 2. The van der Waals surface area contributed by atoms with E-state index in [4.69, 9.17) is 36.6 Å². The fourth-order valence-electron chi connectivity index (χ4n) is 10.9. The van der Waals surface area contributed by atoms with Gasteiger partial charge in [-0.05, 0) is 52.4 Å². The number of nitrogen functional groups attached to an aromatic ring is 2. The number of fused-ring (bicyclic) bond motifs is 3. The van der Waals surface area contributed by atoms with Gasteiger partial charge in [-0.15, -0.1) is 0 Å². The van der Waals surface area contributed by atoms with E-state index in [1.807, 2.05) is 73.5 Å². The van der Waals surface area contributed by atoms with Gasteiger partial charge in [-0.25, -0.2) is 20.4 Å². The zero-order valence-electron chi connectivity index (χ0n) is 41.6. The van der Waals surface area contributed by atoms with Crippen LogP contribution in [-0.2, 0) is 18.9 Å². The van der Waals surface area contributed by atoms with Gasteiger partial charge in [0.2, 0.25) is 0 Å². The molecule has 0 bridgehead atoms. The zero-order valence-corrected chi connectivity index (χ0v) is 41.6. The smallest absolute Gasteiger partial charge is 0.165 e. The standard InChI is InChI=1S/C49H59N23O2/c1-27(65-74)39-9-6-30(15-53-39)42-12-45(51)71-48(62-42)38(22-59-71)34-24-67(4)69(26-34)57-19-35-8-5-29(14-52-35)41-11-44(50)70-47(61-41)37(20-58-70)33-18-56-68(25-33)64-46-13-43(31-7-10-40(28(2)73)54-16-31)63-49-36(21-60-72(46)49)32-17-55-66(3)23-32/h11-13,17-18,20-26,29-31,35,39-40,52-54,57H,5-10,14-16,19H2,1-4H3,(H5-,50,51,58,59,60,61,62,63,64,74)/p+1/t29-,30-,31-,35-,39-,40-/m0/s1. The van der Waals surface area contributed by atoms with E-state index in [1.165, 1.54) is 0 Å². The first-order valence-corrected chi connectivity index (χ1v) is 25.1. The molecule has 9 aromatic heterocycles. The number of carbonyl (C=O) groups excluding carboxylic acids is 1. The van der Waals surface area contributed by atoms with Gasteiger partial charge in [0, 0.05) is 103 Å². The summed E-state index contributed by atoms with van der Waals surface area (Å²) in [7, 11) is 3.88. The molecule has 0 amide bonds. The largest absolute Gasteiger partial charge is 0.411 e. The molecule has 12 rings (SSSR count). The molecule has 0 radical (unpaired) electrons. The third-order valence-electron chi connectivity index (χ3n) is 15.2. The van der Waals surface area contributed by atoms with Crippen LogP contribution in [-0.4, -0.2) is 129 Å². The van der Waals surface area contributed by atoms with Crippen molar-refractivity contribution in [1.29, 1.82) is 0 Å². The summed E-state index contributed by atoms with van der Waals surface area (Å²) in [4.78, 5) is 31.2. The minimum Gasteiger partial charge on any atom is -0.411 e. The van der Waals surface area contributed by atoms with Crippen LogP contribution in [0.2, 0.25) is 0 Å². The van der Waals surface area contributed by atoms with Crippen molar-refractivity contribution in [2.45, 2.75) is 88.3 Å². The summed E-state index contributed by atoms with van der Waals surface area (Å²) in [6, 6.07) is 5.98. The molecule has 25 heteroatoms. The first-order chi connectivity index (χ1) is 35.9. The summed E-state index contributed by atoms with van der Waals surface area (Å²) in [5.74, 6) is 2.28. The van der Waals surface area contributed by atoms with Crippen LogP contribution in [0.4, 0.5) is 17.5 Å². The van der Waals surface area contributed by atoms with Crippen LogP contribution in [0.15, 0.2) is 79.1 Å². The van der Waals surface area contributed by atoms with Crippen LogP contribution in [0.5, 0.6) is 0 Å². The number of nitrogens with zero attached hydrogens (tertiary/aromatic N) is 16. The van der Waals surface area contributed by atoms with Gasteiger partial charge in [0.05, 0.1) is 83.3 Å². The highest BCUT2D eigenvalue weighted by molar-refractivity contribution is 5.87. The quantitative estimate of drug-likeness (QED) is 0.0356. The highest BCUT2D eigenvalue weighted by Gasteiger charge is 2.30. The van der Waals surface area contributed by atoms with Crippen molar-refractivity contribution in [3.05, 3.63) is 91.1 Å². The van der Waals surface area contributed by atoms with Crippen LogP contribution >= 0.6 is 0 Å². The Morgan fingerprint density at radius 2 is 1.24 bits per heavy atom. The number of piperidine rings is 3. The van der Waals surface area contributed by atoms with Crippen molar-refractivity contribution >= 4 is 45.9 Å². The molecule has 0 aromatic carbocycles. The molecule has 382 valence electrons. The second kappa shape index (κ2) is 19.0. The molecular formula is C49H60N23O2+. The Morgan fingerprint density at radius 3 is 1.81 bits per heavy atom. The highest BCUT2D eigenvalue weighted by Crippen LogP contribution is 2.34. The van der Waals surface area contributed by atoms with E-state index in [1.54, 1.807) is 48.5 Å². The van der Waals surface area contributed by atoms with Crippen LogP contribution < -0.4 is 43.0 Å². The second-order valence-corrected chi connectivity index (χ2v) is 20.0. The lowest BCUT2D eigenvalue weighted by Crippen LogP contribution is -2.48. The summed E-state index contributed by atoms with van der Waals surface area (Å²) in [5, 5.41) is 46.4. The fraction of sp³-hybridized carbons (Fsp3) is 0.408. The van der Waals surface area contributed by atoms with E-state index < -0.39 is 0 Å². The maximum Gasteiger partial charge on any atom is 0.165 e. The first kappa shape index (κ1) is 46.8. The molecule has 25 nitrogen and oxygen atoms in total. The highest BCUT2D eigenvalue weighted by atomic mass is 16.4. The maximum atomic E-state index is 12.1. The number of hydrogen-bond acceptors (Lipinski definition) is 18. The number of hydrogen-bond donors (Lipinski definition) is 8. The number of carbonyl (C=O) groups is 1. The lowest BCUT2D eigenvalue weighted by Gasteiger charge is -2.29. The minimum atomic E-state index is -0.140. The molecular weight excluding hydrogens is 943 g/mol. The van der Waals surface area contributed by atoms with E-state index >= 15 is 0 Å². The number of aryl methyl sites for hydroxylation is 2. The number of ketones is 1. The van der Waals surface area contributed by atoms with Crippen LogP contribution in [0, 0.1) is 0 Å². The Hall–Kier alpha value is -8.29. The van der Waals surface area contributed by atoms with Crippen molar-refractivity contribution in [1.82, 2.24) is 84.2 Å². The molecule has 0 spiro atoms. The molecule has 0 unspecified atom stereocenters. The van der Waals surface area contributed by atoms with E-state index in [0.717, 1.165) is 95.5 Å². The normalized spacial score (nSPS) is 21.8. The lowest BCUT2D eigenvalue weighted by molar-refractivity contribution is -0.748. The van der Waals surface area contributed by atoms with Gasteiger partial charge in [0.1, 0.15) is 37.2 Å². The Kier molecular flexibility index (Phi) is 12.0. The molecule has 74 heavy (non-hydrogen) atoms. The van der Waals surface area contributed by atoms with Crippen LogP contribution in [0.3, 0.4) is 0 Å². The molecule has 12 heterocycles. The predicted octanol–water partition coefficient (Wildman–Crippen LogP) is 2.60. The number of aromatic nitrogens is 15. The SMILES string of the molecule is CC(=O)[C@@H]1CC[C@H](c2cc(Nn3cc(-c4cnn5c(N)cc([C@H]6CC[C@@H](CNn7cc(-c8cnn9c(N)cc([C@H]%10CC[C@@H](C(C)=NO)NC%10)nc89)c[n+]7C)NC6)nc45)cn3)n3ncc(-c4cnn(C)c4)c3n2)CN1. The number of rotatable bonds is 13. The third-order valence-corrected chi connectivity index (χ3v) is 15.2. The van der Waals surface area contributed by atoms with Gasteiger partial charge in [-0.2, -0.15) is 48.5 Å². The number of oxime groups is 1. The van der Waals surface area contributed by atoms with E-state index in [2.05, 4.69) is 59.6 Å². The van der Waals surface area contributed by atoms with Crippen molar-refractivity contribution < 1.29 is 14.7 Å². The Balaban J connectivity index is 0.717. The molecule has 3 saturated heterocycles. The van der Waals surface area contributed by atoms with Crippen molar-refractivity contribution in [3.8, 4) is 33.4 Å². The average molecular weight is 1000 g/mol. The maximum absolute atomic E-state index is 12.1. The molecule has 3 fully saturated rings. The number of Topliss-reactive ketones (excluding diaryl/α,β-unsaturated/α-hetero) is 1. The van der Waals surface area contributed by atoms with Gasteiger partial charge in [-0.3, -0.25) is 14.9 Å². The second-order valence-electron chi connectivity index (χ2n) is 20.0. The third kappa shape index (κ3) is 8.70. The molecule has 10 N–H and O–H groups in total. The minimum absolute atomic E-state index is 0.0494. The number of nitrogens with one attached hydrogen (secondary N) is 5. The summed E-state index contributed by atoms with van der Waals surface area (Å²) in [6.07, 6.45) is 22.1. The lowest BCUT2D eigenvalue weighted by atomic mass is 9.90. The molecule has 3 aliphatic heterocycles. The molecule has 0 saturated carbocycles. The van der Waals surface area contributed by atoms with Crippen molar-refractivity contribution in [3.63, 3.8) is 0 Å². The molecule has 9 aromatic rings. The van der Waals surface area contributed by atoms with Crippen molar-refractivity contribution in [2.75, 3.05) is 48.5 Å². The first-order valence-electron chi connectivity index (χ1n) is 25.1. The topological polar surface area (TPSA) is 297 Å². The van der Waals surface area contributed by atoms with Gasteiger partial charge >= 0.3 is 0 Å². The van der Waals surface area contributed by atoms with Crippen LogP contribution in [0.25, 0.3) is 50.3 Å². The van der Waals surface area contributed by atoms with E-state index in [9.17, 15) is 10.0 Å². The average Bonchev–Trinajstić information content (AvgIpc) is 4.30. The zero-order chi connectivity index (χ0) is 50.8. The van der Waals surface area contributed by atoms with E-state index in [0.29, 0.717) is 59.7 Å². The molecule has 6 atom stereocenters. The summed E-state index contributed by atoms with van der Waals surface area (Å²) in [5.41, 5.74) is 30.9. The summed E-state index contributed by atoms with van der Waals surface area (Å²) >= 11 is 0. The van der Waals surface area contributed by atoms with Crippen LogP contribution in [0.1, 0.15) is 87.2 Å². The molecule has 0 aliphatic carbocycles. The predicted molar refractivity (Wildman–Crippen MR) is 276 cm³/mol. The summed E-state index contributed by atoms with van der Waals surface area (Å²) in [6.45, 7) is 6.25. The molecule has 3 aliphatic rings. The van der Waals surface area contributed by atoms with Crippen molar-refractivity contribution in [2.24, 2.45) is 19.3 Å². The Morgan fingerprint density at radius 1 is 0.689 bits per heavy atom. The Labute approximate surface area is 424 Å². The van der Waals surface area contributed by atoms with Gasteiger partial charge in [0.25, 0.3) is 0 Å². The number of anilines is 3. The van der Waals surface area contributed by atoms with Gasteiger partial charge < -0.3 is 32.6 Å².